The van der Waals surface area contributed by atoms with Crippen molar-refractivity contribution >= 4 is 17.9 Å². The molecule has 1 saturated heterocycles. The van der Waals surface area contributed by atoms with Crippen LogP contribution in [0.25, 0.3) is 10.4 Å². The summed E-state index contributed by atoms with van der Waals surface area (Å²) in [6.07, 6.45) is 52.7. The predicted octanol–water partition coefficient (Wildman–Crippen LogP) is 19.9. The van der Waals surface area contributed by atoms with E-state index in [0.717, 1.165) is 116 Å². The number of carbonyl (C=O) groups excluding carboxylic acids is 3. The van der Waals surface area contributed by atoms with Crippen LogP contribution in [0.15, 0.2) is 5.11 Å². The number of hydrogen-bond donors (Lipinski definition) is 0. The fourth-order valence-electron chi connectivity index (χ4n) is 11.0. The third-order valence-corrected chi connectivity index (χ3v) is 15.7. The molecule has 0 aliphatic carbocycles. The van der Waals surface area contributed by atoms with Crippen LogP contribution < -0.4 is 0 Å². The third kappa shape index (κ3) is 41.4. The van der Waals surface area contributed by atoms with Crippen LogP contribution in [0.5, 0.6) is 0 Å². The molecule has 0 radical (unpaired) electrons. The van der Waals surface area contributed by atoms with Gasteiger partial charge in [-0.2, -0.15) is 0 Å². The van der Waals surface area contributed by atoms with Gasteiger partial charge in [-0.15, -0.1) is 0 Å². The lowest BCUT2D eigenvalue weighted by Crippen LogP contribution is -2.42. The van der Waals surface area contributed by atoms with Crippen molar-refractivity contribution in [3.8, 4) is 0 Å². The van der Waals surface area contributed by atoms with Crippen LogP contribution in [0.4, 0.5) is 0 Å². The quantitative estimate of drug-likeness (QED) is 0.0112. The second kappa shape index (κ2) is 52.3. The summed E-state index contributed by atoms with van der Waals surface area (Å²) in [6.45, 7) is 13.4. The van der Waals surface area contributed by atoms with Gasteiger partial charge in [0.25, 0.3) is 0 Å². The molecule has 0 saturated carbocycles. The van der Waals surface area contributed by atoms with Gasteiger partial charge in [0.05, 0.1) is 25.4 Å². The van der Waals surface area contributed by atoms with E-state index < -0.39 is 11.8 Å². The Hall–Kier alpha value is -2.36. The lowest BCUT2D eigenvalue weighted by Gasteiger charge is -2.37. The van der Waals surface area contributed by atoms with Gasteiger partial charge < -0.3 is 18.9 Å². The Morgan fingerprint density at radius 2 is 0.880 bits per heavy atom. The van der Waals surface area contributed by atoms with Crippen molar-refractivity contribution in [1.82, 2.24) is 4.90 Å². The first kappa shape index (κ1) is 70.7. The van der Waals surface area contributed by atoms with Gasteiger partial charge in [0.1, 0.15) is 6.04 Å². The summed E-state index contributed by atoms with van der Waals surface area (Å²) in [4.78, 5) is 44.7. The molecule has 1 aliphatic heterocycles. The molecule has 11 nitrogen and oxygen atoms in total. The molecule has 11 heteroatoms. The van der Waals surface area contributed by atoms with Gasteiger partial charge in [-0.1, -0.05) is 258 Å². The molecular formula is C64H122N4O7. The third-order valence-electron chi connectivity index (χ3n) is 15.7. The average Bonchev–Trinajstić information content (AvgIpc) is 3.81. The van der Waals surface area contributed by atoms with Crippen molar-refractivity contribution in [1.29, 1.82) is 0 Å². The summed E-state index contributed by atoms with van der Waals surface area (Å²) in [5.74, 6) is -1.32. The second-order valence-corrected chi connectivity index (χ2v) is 22.9. The van der Waals surface area contributed by atoms with Gasteiger partial charge in [0.15, 0.2) is 0 Å². The largest absolute Gasteiger partial charge is 0.466 e. The molecule has 440 valence electrons. The number of nitrogens with zero attached hydrogens (tertiary/aromatic N) is 4. The summed E-state index contributed by atoms with van der Waals surface area (Å²) in [7, 11) is 0. The summed E-state index contributed by atoms with van der Waals surface area (Å²) in [5.41, 5.74) is 9.14. The summed E-state index contributed by atoms with van der Waals surface area (Å²) in [5, 5.41) is 3.95. The zero-order valence-corrected chi connectivity index (χ0v) is 50.1. The van der Waals surface area contributed by atoms with Crippen LogP contribution in [-0.2, 0) is 33.3 Å². The number of azide groups is 1. The van der Waals surface area contributed by atoms with Crippen molar-refractivity contribution in [3.63, 3.8) is 0 Å². The van der Waals surface area contributed by atoms with Crippen LogP contribution in [0, 0.1) is 0 Å². The number of rotatable bonds is 57. The molecule has 0 aromatic heterocycles. The molecule has 0 amide bonds. The Morgan fingerprint density at radius 1 is 0.493 bits per heavy atom. The molecule has 1 heterocycles. The average molecular weight is 1060 g/mol. The highest BCUT2D eigenvalue weighted by Gasteiger charge is 2.38. The molecule has 0 bridgehead atoms. The van der Waals surface area contributed by atoms with Crippen molar-refractivity contribution in [2.24, 2.45) is 5.11 Å². The SMILES string of the molecule is CCCCCCCCCCCOC(=O)CCCCCN1C[C@H](N=[N+]=[N-])C[C@H]1C(=O)OCCCCCCCC(=O)OC(CCCCCCCC)(CCCCCCCC)OC(CCCCCCCC)CCCCCCCC. The van der Waals surface area contributed by atoms with Crippen LogP contribution >= 0.6 is 0 Å². The molecule has 0 aromatic rings. The molecule has 1 aliphatic rings. The van der Waals surface area contributed by atoms with Gasteiger partial charge in [-0.3, -0.25) is 19.3 Å². The zero-order chi connectivity index (χ0) is 54.6. The maximum atomic E-state index is 13.9. The lowest BCUT2D eigenvalue weighted by atomic mass is 9.97. The van der Waals surface area contributed by atoms with Crippen LogP contribution in [0.3, 0.4) is 0 Å². The molecule has 1 rings (SSSR count). The van der Waals surface area contributed by atoms with Gasteiger partial charge in [-0.05, 0) is 76.3 Å². The Labute approximate surface area is 463 Å². The zero-order valence-electron chi connectivity index (χ0n) is 50.1. The fraction of sp³-hybridized carbons (Fsp3) is 0.953. The minimum atomic E-state index is -0.844. The summed E-state index contributed by atoms with van der Waals surface area (Å²) >= 11 is 0. The van der Waals surface area contributed by atoms with Gasteiger partial charge >= 0.3 is 17.9 Å². The minimum Gasteiger partial charge on any atom is -0.466 e. The highest BCUT2D eigenvalue weighted by Crippen LogP contribution is 2.34. The van der Waals surface area contributed by atoms with E-state index in [0.29, 0.717) is 45.6 Å². The van der Waals surface area contributed by atoms with E-state index >= 15 is 0 Å². The van der Waals surface area contributed by atoms with E-state index in [1.165, 1.54) is 173 Å². The normalized spacial score (nSPS) is 14.9. The maximum absolute atomic E-state index is 13.9. The molecular weight excluding hydrogens is 937 g/mol. The van der Waals surface area contributed by atoms with Crippen LogP contribution in [-0.4, -0.2) is 73.1 Å². The maximum Gasteiger partial charge on any atom is 0.323 e. The highest BCUT2D eigenvalue weighted by atomic mass is 16.7. The van der Waals surface area contributed by atoms with E-state index in [1.54, 1.807) is 0 Å². The first-order valence-corrected chi connectivity index (χ1v) is 32.8. The number of hydrogen-bond acceptors (Lipinski definition) is 9. The first-order valence-electron chi connectivity index (χ1n) is 32.8. The standard InChI is InChI=1S/C64H122N4O7/c1-6-11-16-21-26-27-28-35-45-54-72-61(69)49-41-37-44-53-68-57-58(66-67-65)56-60(68)63(71)73-55-46-36-29-32-40-50-62(70)75-64(51-42-33-24-19-14-9-4,52-43-34-25-20-15-10-5)74-59(47-38-30-22-17-12-7-2)48-39-31-23-18-13-8-3/h58-60H,6-57H2,1-5H3/t58-,60+/m1/s1. The minimum absolute atomic E-state index is 0.110. The van der Waals surface area contributed by atoms with Crippen molar-refractivity contribution in [3.05, 3.63) is 10.4 Å². The number of esters is 3. The monoisotopic (exact) mass is 1060 g/mol. The predicted molar refractivity (Wildman–Crippen MR) is 314 cm³/mol. The smallest absolute Gasteiger partial charge is 0.323 e. The number of carbonyl (C=O) groups is 3. The lowest BCUT2D eigenvalue weighted by molar-refractivity contribution is -0.259. The van der Waals surface area contributed by atoms with Crippen LogP contribution in [0.1, 0.15) is 343 Å². The molecule has 0 unspecified atom stereocenters. The molecule has 2 atom stereocenters. The molecule has 1 fully saturated rings. The number of unbranched alkanes of at least 4 members (excludes halogenated alkanes) is 34. The first-order chi connectivity index (χ1) is 36.8. The van der Waals surface area contributed by atoms with Gasteiger partial charge in [0.2, 0.25) is 5.79 Å². The van der Waals surface area contributed by atoms with Crippen molar-refractivity contribution in [2.45, 2.75) is 367 Å². The summed E-state index contributed by atoms with van der Waals surface area (Å²) < 4.78 is 25.3. The van der Waals surface area contributed by atoms with Crippen molar-refractivity contribution in [2.75, 3.05) is 26.3 Å². The fourth-order valence-corrected chi connectivity index (χ4v) is 11.0. The number of ether oxygens (including phenoxy) is 4. The number of likely N-dealkylation sites (tertiary alicyclic amines) is 1. The van der Waals surface area contributed by atoms with E-state index in [1.807, 2.05) is 0 Å². The molecule has 0 aromatic carbocycles. The molecule has 0 N–H and O–H groups in total. The summed E-state index contributed by atoms with van der Waals surface area (Å²) in [6, 6.07) is -0.679. The Bertz CT molecular complexity index is 1330. The Balaban J connectivity index is 2.71. The van der Waals surface area contributed by atoms with Gasteiger partial charge in [-0.25, -0.2) is 0 Å². The molecule has 75 heavy (non-hydrogen) atoms. The van der Waals surface area contributed by atoms with E-state index in [2.05, 4.69) is 49.5 Å². The molecule has 0 spiro atoms. The van der Waals surface area contributed by atoms with Crippen LogP contribution in [0.2, 0.25) is 0 Å². The highest BCUT2D eigenvalue weighted by molar-refractivity contribution is 5.76. The van der Waals surface area contributed by atoms with Crippen molar-refractivity contribution < 1.29 is 33.3 Å². The Morgan fingerprint density at radius 3 is 1.35 bits per heavy atom. The van der Waals surface area contributed by atoms with Gasteiger partial charge in [0, 0.05) is 37.1 Å². The van der Waals surface area contributed by atoms with E-state index in [4.69, 9.17) is 24.5 Å². The topological polar surface area (TPSA) is 140 Å². The van der Waals surface area contributed by atoms with E-state index in [-0.39, 0.29) is 30.1 Å². The second-order valence-electron chi connectivity index (χ2n) is 22.9. The Kier molecular flexibility index (Phi) is 49.3. The van der Waals surface area contributed by atoms with E-state index in [9.17, 15) is 14.4 Å².